The molecular formula is C13H7Cl2N2O3-. The third-order valence-electron chi connectivity index (χ3n) is 2.46. The largest absolute Gasteiger partial charge is 0.872 e. The molecule has 0 amide bonds. The fourth-order valence-corrected chi connectivity index (χ4v) is 1.75. The van der Waals surface area contributed by atoms with Crippen molar-refractivity contribution in [3.63, 3.8) is 0 Å². The van der Waals surface area contributed by atoms with Crippen LogP contribution in [0, 0.1) is 10.1 Å². The fraction of sp³-hybridized carbons (Fsp3) is 0. The van der Waals surface area contributed by atoms with Crippen LogP contribution in [0.15, 0.2) is 41.4 Å². The lowest BCUT2D eigenvalue weighted by molar-refractivity contribution is -0.385. The van der Waals surface area contributed by atoms with Crippen LogP contribution in [0.3, 0.4) is 0 Å². The minimum absolute atomic E-state index is 0.130. The quantitative estimate of drug-likeness (QED) is 0.492. The van der Waals surface area contributed by atoms with Gasteiger partial charge in [0.2, 0.25) is 0 Å². The van der Waals surface area contributed by atoms with Crippen molar-refractivity contribution in [3.8, 4) is 5.75 Å². The molecule has 0 aliphatic carbocycles. The molecule has 0 saturated heterocycles. The van der Waals surface area contributed by atoms with Crippen LogP contribution >= 0.6 is 23.2 Å². The summed E-state index contributed by atoms with van der Waals surface area (Å²) in [6.45, 7) is 0. The predicted octanol–water partition coefficient (Wildman–Crippen LogP) is 3.73. The van der Waals surface area contributed by atoms with Crippen molar-refractivity contribution in [3.05, 3.63) is 62.1 Å². The Balaban J connectivity index is 2.33. The Morgan fingerprint density at radius 2 is 1.85 bits per heavy atom. The minimum atomic E-state index is -0.573. The molecule has 0 fully saturated rings. The molecule has 2 aromatic carbocycles. The molecule has 0 unspecified atom stereocenters. The maximum atomic E-state index is 11.6. The van der Waals surface area contributed by atoms with Gasteiger partial charge in [-0.25, -0.2) is 0 Å². The van der Waals surface area contributed by atoms with Crippen molar-refractivity contribution >= 4 is 40.8 Å². The van der Waals surface area contributed by atoms with E-state index in [2.05, 4.69) is 4.99 Å². The summed E-state index contributed by atoms with van der Waals surface area (Å²) in [5.41, 5.74) is 0.454. The highest BCUT2D eigenvalue weighted by molar-refractivity contribution is 6.42. The van der Waals surface area contributed by atoms with E-state index in [9.17, 15) is 15.2 Å². The van der Waals surface area contributed by atoms with Gasteiger partial charge in [0.15, 0.2) is 0 Å². The van der Waals surface area contributed by atoms with Crippen LogP contribution in [0.25, 0.3) is 0 Å². The van der Waals surface area contributed by atoms with E-state index in [-0.39, 0.29) is 17.0 Å². The Labute approximate surface area is 124 Å². The molecule has 0 saturated carbocycles. The van der Waals surface area contributed by atoms with Crippen molar-refractivity contribution < 1.29 is 10.0 Å². The average Bonchev–Trinajstić information content (AvgIpc) is 2.41. The number of benzene rings is 2. The molecule has 7 heteroatoms. The summed E-state index contributed by atoms with van der Waals surface area (Å²) in [6, 6.07) is 8.17. The summed E-state index contributed by atoms with van der Waals surface area (Å²) in [5, 5.41) is 23.0. The smallest absolute Gasteiger partial charge is 0.270 e. The topological polar surface area (TPSA) is 78.6 Å². The van der Waals surface area contributed by atoms with Crippen molar-refractivity contribution in [2.45, 2.75) is 0 Å². The van der Waals surface area contributed by atoms with E-state index in [0.29, 0.717) is 15.7 Å². The predicted molar refractivity (Wildman–Crippen MR) is 76.3 cm³/mol. The van der Waals surface area contributed by atoms with E-state index in [4.69, 9.17) is 23.2 Å². The third-order valence-corrected chi connectivity index (χ3v) is 3.20. The van der Waals surface area contributed by atoms with Crippen molar-refractivity contribution in [2.75, 3.05) is 0 Å². The fourth-order valence-electron chi connectivity index (χ4n) is 1.46. The van der Waals surface area contributed by atoms with E-state index in [1.807, 2.05) is 0 Å². The number of hydrogen-bond donors (Lipinski definition) is 0. The highest BCUT2D eigenvalue weighted by Crippen LogP contribution is 2.27. The van der Waals surface area contributed by atoms with Gasteiger partial charge in [0, 0.05) is 18.3 Å². The van der Waals surface area contributed by atoms with E-state index < -0.39 is 4.92 Å². The summed E-state index contributed by atoms with van der Waals surface area (Å²) in [7, 11) is 0. The molecule has 0 aliphatic rings. The van der Waals surface area contributed by atoms with Gasteiger partial charge in [0.25, 0.3) is 5.69 Å². The lowest BCUT2D eigenvalue weighted by atomic mass is 10.2. The van der Waals surface area contributed by atoms with Gasteiger partial charge in [0.1, 0.15) is 0 Å². The summed E-state index contributed by atoms with van der Waals surface area (Å²) in [4.78, 5) is 14.1. The lowest BCUT2D eigenvalue weighted by Gasteiger charge is -2.08. The Kier molecular flexibility index (Phi) is 4.22. The van der Waals surface area contributed by atoms with E-state index in [1.165, 1.54) is 18.3 Å². The molecule has 0 aromatic heterocycles. The van der Waals surface area contributed by atoms with E-state index in [0.717, 1.165) is 12.1 Å². The summed E-state index contributed by atoms with van der Waals surface area (Å²) in [5.74, 6) is -0.348. The average molecular weight is 310 g/mol. The van der Waals surface area contributed by atoms with Gasteiger partial charge in [-0.3, -0.25) is 15.1 Å². The first-order valence-corrected chi connectivity index (χ1v) is 6.17. The Hall–Kier alpha value is -2.11. The van der Waals surface area contributed by atoms with E-state index >= 15 is 0 Å². The van der Waals surface area contributed by atoms with Crippen LogP contribution in [0.4, 0.5) is 11.4 Å². The standard InChI is InChI=1S/C13H8Cl2N2O3/c14-11-3-1-9(6-12(11)15)16-7-8-5-10(17(19)20)2-4-13(8)18/h1-7,18H/p-1. The summed E-state index contributed by atoms with van der Waals surface area (Å²) < 4.78 is 0. The zero-order valence-corrected chi connectivity index (χ0v) is 11.4. The van der Waals surface area contributed by atoms with Crippen molar-refractivity contribution in [1.82, 2.24) is 0 Å². The Bertz CT molecular complexity index is 702. The SMILES string of the molecule is O=[N+]([O-])c1ccc([O-])c(C=Nc2ccc(Cl)c(Cl)c2)c1. The lowest BCUT2D eigenvalue weighted by Crippen LogP contribution is -1.98. The zero-order chi connectivity index (χ0) is 14.7. The number of halogens is 2. The minimum Gasteiger partial charge on any atom is -0.872 e. The molecule has 5 nitrogen and oxygen atoms in total. The highest BCUT2D eigenvalue weighted by Gasteiger charge is 2.05. The molecule has 2 rings (SSSR count). The number of aliphatic imine (C=N–C) groups is 1. The van der Waals surface area contributed by atoms with Crippen LogP contribution in [-0.2, 0) is 0 Å². The van der Waals surface area contributed by atoms with Crippen LogP contribution in [0.2, 0.25) is 10.0 Å². The molecule has 102 valence electrons. The van der Waals surface area contributed by atoms with Crippen molar-refractivity contribution in [1.29, 1.82) is 0 Å². The maximum absolute atomic E-state index is 11.6. The second kappa shape index (κ2) is 5.90. The number of rotatable bonds is 3. The number of nitro groups is 1. The normalized spacial score (nSPS) is 10.9. The molecule has 20 heavy (non-hydrogen) atoms. The molecule has 2 aromatic rings. The van der Waals surface area contributed by atoms with Gasteiger partial charge in [-0.05, 0) is 23.8 Å². The molecular weight excluding hydrogens is 303 g/mol. The Morgan fingerprint density at radius 3 is 2.50 bits per heavy atom. The summed E-state index contributed by atoms with van der Waals surface area (Å²) in [6.07, 6.45) is 1.26. The molecule has 0 radical (unpaired) electrons. The molecule has 0 bridgehead atoms. The zero-order valence-electron chi connectivity index (χ0n) is 9.92. The second-order valence-corrected chi connectivity index (χ2v) is 4.65. The van der Waals surface area contributed by atoms with Gasteiger partial charge in [-0.2, -0.15) is 0 Å². The Morgan fingerprint density at radius 1 is 1.10 bits per heavy atom. The second-order valence-electron chi connectivity index (χ2n) is 3.84. The van der Waals surface area contributed by atoms with Crippen LogP contribution in [-0.4, -0.2) is 11.1 Å². The van der Waals surface area contributed by atoms with Crippen LogP contribution in [0.5, 0.6) is 5.75 Å². The maximum Gasteiger partial charge on any atom is 0.270 e. The highest BCUT2D eigenvalue weighted by atomic mass is 35.5. The number of nitro benzene ring substituents is 1. The molecule has 0 N–H and O–H groups in total. The molecule has 0 aliphatic heterocycles. The first-order valence-electron chi connectivity index (χ1n) is 5.42. The number of nitrogens with zero attached hydrogens (tertiary/aromatic N) is 2. The number of hydrogen-bond acceptors (Lipinski definition) is 4. The molecule has 0 spiro atoms. The third kappa shape index (κ3) is 3.26. The number of non-ortho nitro benzene ring substituents is 1. The molecule has 0 atom stereocenters. The van der Waals surface area contributed by atoms with Gasteiger partial charge >= 0.3 is 0 Å². The first-order chi connectivity index (χ1) is 9.47. The van der Waals surface area contributed by atoms with Gasteiger partial charge in [-0.1, -0.05) is 35.0 Å². The van der Waals surface area contributed by atoms with Gasteiger partial charge < -0.3 is 5.11 Å². The van der Waals surface area contributed by atoms with Crippen LogP contribution < -0.4 is 5.11 Å². The van der Waals surface area contributed by atoms with Gasteiger partial charge in [0.05, 0.1) is 20.7 Å². The first kappa shape index (κ1) is 14.3. The summed E-state index contributed by atoms with van der Waals surface area (Å²) >= 11 is 11.6. The monoisotopic (exact) mass is 309 g/mol. The van der Waals surface area contributed by atoms with Crippen molar-refractivity contribution in [2.24, 2.45) is 4.99 Å². The van der Waals surface area contributed by atoms with Gasteiger partial charge in [-0.15, -0.1) is 0 Å². The van der Waals surface area contributed by atoms with E-state index in [1.54, 1.807) is 12.1 Å². The molecule has 0 heterocycles. The van der Waals surface area contributed by atoms with Crippen LogP contribution in [0.1, 0.15) is 5.56 Å².